The van der Waals surface area contributed by atoms with Gasteiger partial charge in [-0.25, -0.2) is 0 Å². The number of rotatable bonds is 7. The van der Waals surface area contributed by atoms with Crippen molar-refractivity contribution in [1.29, 1.82) is 0 Å². The van der Waals surface area contributed by atoms with Crippen molar-refractivity contribution in [2.75, 3.05) is 26.1 Å². The van der Waals surface area contributed by atoms with Gasteiger partial charge >= 0.3 is 5.97 Å². The summed E-state index contributed by atoms with van der Waals surface area (Å²) in [6.07, 6.45) is 1.25. The van der Waals surface area contributed by atoms with Gasteiger partial charge in [0.05, 0.1) is 6.61 Å². The molecule has 4 nitrogen and oxygen atoms in total. The number of hydrogen-bond acceptors (Lipinski definition) is 5. The smallest absolute Gasteiger partial charge is 0.322 e. The molecule has 0 aromatic heterocycles. The van der Waals surface area contributed by atoms with Crippen molar-refractivity contribution in [2.45, 2.75) is 18.9 Å². The normalized spacial score (nSPS) is 12.5. The van der Waals surface area contributed by atoms with E-state index in [1.54, 1.807) is 7.11 Å². The molecule has 0 aliphatic carbocycles. The van der Waals surface area contributed by atoms with E-state index in [-0.39, 0.29) is 5.97 Å². The molecule has 0 aliphatic rings. The predicted octanol–water partition coefficient (Wildman–Crippen LogP) is 0.213. The number of carbonyl (C=O) groups is 1. The second-order valence-corrected chi connectivity index (χ2v) is 3.08. The van der Waals surface area contributed by atoms with Crippen LogP contribution in [0.25, 0.3) is 0 Å². The Morgan fingerprint density at radius 1 is 1.54 bits per heavy atom. The second kappa shape index (κ2) is 8.34. The Hall–Kier alpha value is -0.260. The van der Waals surface area contributed by atoms with Crippen LogP contribution < -0.4 is 5.73 Å². The highest BCUT2D eigenvalue weighted by Gasteiger charge is 2.12. The minimum atomic E-state index is -0.542. The van der Waals surface area contributed by atoms with Crippen molar-refractivity contribution >= 4 is 18.6 Å². The van der Waals surface area contributed by atoms with E-state index in [9.17, 15) is 4.79 Å². The van der Waals surface area contributed by atoms with Gasteiger partial charge in [0.1, 0.15) is 6.04 Å². The van der Waals surface area contributed by atoms with Crippen LogP contribution in [-0.2, 0) is 14.3 Å². The molecule has 2 N–H and O–H groups in total. The van der Waals surface area contributed by atoms with Gasteiger partial charge in [0, 0.05) is 20.1 Å². The topological polar surface area (TPSA) is 61.5 Å². The summed E-state index contributed by atoms with van der Waals surface area (Å²) in [6, 6.07) is -0.542. The van der Waals surface area contributed by atoms with Gasteiger partial charge in [0.15, 0.2) is 0 Å². The number of nitrogens with two attached hydrogens (primary N) is 1. The third-order valence-electron chi connectivity index (χ3n) is 1.48. The van der Waals surface area contributed by atoms with Crippen molar-refractivity contribution in [3.8, 4) is 0 Å². The number of ether oxygens (including phenoxy) is 2. The molecule has 0 radical (unpaired) electrons. The molecule has 5 heteroatoms. The number of thiol groups is 1. The van der Waals surface area contributed by atoms with Crippen LogP contribution in [-0.4, -0.2) is 38.1 Å². The van der Waals surface area contributed by atoms with Gasteiger partial charge in [-0.3, -0.25) is 4.79 Å². The van der Waals surface area contributed by atoms with E-state index < -0.39 is 6.04 Å². The number of carbonyl (C=O) groups excluding carboxylic acids is 1. The third-order valence-corrected chi connectivity index (χ3v) is 1.74. The minimum Gasteiger partial charge on any atom is -0.464 e. The maximum absolute atomic E-state index is 11.1. The van der Waals surface area contributed by atoms with Gasteiger partial charge in [-0.05, 0) is 12.2 Å². The number of hydrogen-bond donors (Lipinski definition) is 2. The fourth-order valence-corrected chi connectivity index (χ4v) is 1.02. The molecular formula is C8H17NO3S. The SMILES string of the molecule is COCCCOC(=O)C(N)CCS. The monoisotopic (exact) mass is 207 g/mol. The van der Waals surface area contributed by atoms with E-state index in [0.29, 0.717) is 31.8 Å². The molecule has 1 atom stereocenters. The lowest BCUT2D eigenvalue weighted by atomic mass is 10.2. The van der Waals surface area contributed by atoms with E-state index in [0.717, 1.165) is 0 Å². The Morgan fingerprint density at radius 2 is 2.23 bits per heavy atom. The van der Waals surface area contributed by atoms with Crippen molar-refractivity contribution in [1.82, 2.24) is 0 Å². The van der Waals surface area contributed by atoms with Crippen LogP contribution in [0.1, 0.15) is 12.8 Å². The molecule has 13 heavy (non-hydrogen) atoms. The molecule has 0 fully saturated rings. The zero-order chi connectivity index (χ0) is 10.1. The Labute approximate surface area is 84.2 Å². The molecule has 0 saturated carbocycles. The Morgan fingerprint density at radius 3 is 2.77 bits per heavy atom. The lowest BCUT2D eigenvalue weighted by Crippen LogP contribution is -2.32. The summed E-state index contributed by atoms with van der Waals surface area (Å²) in [5.41, 5.74) is 5.49. The van der Waals surface area contributed by atoms with E-state index >= 15 is 0 Å². The molecule has 0 amide bonds. The molecule has 0 aliphatic heterocycles. The van der Waals surface area contributed by atoms with Crippen molar-refractivity contribution in [3.05, 3.63) is 0 Å². The van der Waals surface area contributed by atoms with Gasteiger partial charge in [-0.1, -0.05) is 0 Å². The Balaban J connectivity index is 3.38. The van der Waals surface area contributed by atoms with Crippen LogP contribution in [0.4, 0.5) is 0 Å². The quantitative estimate of drug-likeness (QED) is 0.356. The summed E-state index contributed by atoms with van der Waals surface area (Å²) in [5.74, 6) is 0.235. The maximum atomic E-state index is 11.1. The van der Waals surface area contributed by atoms with Crippen LogP contribution in [0.5, 0.6) is 0 Å². The molecule has 0 saturated heterocycles. The van der Waals surface area contributed by atoms with Gasteiger partial charge in [0.2, 0.25) is 0 Å². The summed E-state index contributed by atoms with van der Waals surface area (Å²) in [5, 5.41) is 0. The zero-order valence-corrected chi connectivity index (χ0v) is 8.76. The second-order valence-electron chi connectivity index (χ2n) is 2.63. The van der Waals surface area contributed by atoms with Crippen LogP contribution in [0, 0.1) is 0 Å². The van der Waals surface area contributed by atoms with E-state index in [1.807, 2.05) is 0 Å². The van der Waals surface area contributed by atoms with E-state index in [4.69, 9.17) is 15.2 Å². The summed E-state index contributed by atoms with van der Waals surface area (Å²) in [6.45, 7) is 0.960. The van der Waals surface area contributed by atoms with Crippen LogP contribution in [0.2, 0.25) is 0 Å². The highest BCUT2D eigenvalue weighted by Crippen LogP contribution is 1.95. The average Bonchev–Trinajstić information content (AvgIpc) is 2.12. The van der Waals surface area contributed by atoms with Crippen molar-refractivity contribution < 1.29 is 14.3 Å². The minimum absolute atomic E-state index is 0.356. The highest BCUT2D eigenvalue weighted by atomic mass is 32.1. The van der Waals surface area contributed by atoms with Gasteiger partial charge < -0.3 is 15.2 Å². The fraction of sp³-hybridized carbons (Fsp3) is 0.875. The molecule has 0 aromatic rings. The molecule has 0 heterocycles. The fourth-order valence-electron chi connectivity index (χ4n) is 0.740. The zero-order valence-electron chi connectivity index (χ0n) is 7.86. The lowest BCUT2D eigenvalue weighted by molar-refractivity contribution is -0.145. The first-order chi connectivity index (χ1) is 6.22. The predicted molar refractivity (Wildman–Crippen MR) is 53.9 cm³/mol. The van der Waals surface area contributed by atoms with Gasteiger partial charge in [0.25, 0.3) is 0 Å². The van der Waals surface area contributed by atoms with Crippen LogP contribution in [0.3, 0.4) is 0 Å². The molecule has 0 spiro atoms. The van der Waals surface area contributed by atoms with Crippen molar-refractivity contribution in [3.63, 3.8) is 0 Å². The summed E-state index contributed by atoms with van der Waals surface area (Å²) in [7, 11) is 1.61. The molecule has 0 rings (SSSR count). The maximum Gasteiger partial charge on any atom is 0.322 e. The number of methoxy groups -OCH3 is 1. The number of esters is 1. The average molecular weight is 207 g/mol. The van der Waals surface area contributed by atoms with Crippen molar-refractivity contribution in [2.24, 2.45) is 5.73 Å². The third kappa shape index (κ3) is 6.86. The molecular weight excluding hydrogens is 190 g/mol. The Bertz CT molecular complexity index is 143. The van der Waals surface area contributed by atoms with E-state index in [2.05, 4.69) is 12.6 Å². The van der Waals surface area contributed by atoms with E-state index in [1.165, 1.54) is 0 Å². The highest BCUT2D eigenvalue weighted by molar-refractivity contribution is 7.80. The van der Waals surface area contributed by atoms with Gasteiger partial charge in [-0.15, -0.1) is 0 Å². The van der Waals surface area contributed by atoms with Crippen LogP contribution >= 0.6 is 12.6 Å². The summed E-state index contributed by atoms with van der Waals surface area (Å²) < 4.78 is 9.68. The molecule has 1 unspecified atom stereocenters. The summed E-state index contributed by atoms with van der Waals surface area (Å²) >= 11 is 3.97. The summed E-state index contributed by atoms with van der Waals surface area (Å²) in [4.78, 5) is 11.1. The standard InChI is InChI=1S/C8H17NO3S/c1-11-4-2-5-12-8(10)7(9)3-6-13/h7,13H,2-6,9H2,1H3. The Kier molecular flexibility index (Phi) is 8.18. The first-order valence-electron chi connectivity index (χ1n) is 4.24. The van der Waals surface area contributed by atoms with Crippen LogP contribution in [0.15, 0.2) is 0 Å². The van der Waals surface area contributed by atoms with Gasteiger partial charge in [-0.2, -0.15) is 12.6 Å². The lowest BCUT2D eigenvalue weighted by Gasteiger charge is -2.09. The largest absolute Gasteiger partial charge is 0.464 e. The first kappa shape index (κ1) is 12.7. The molecule has 78 valence electrons. The molecule has 0 bridgehead atoms. The molecule has 0 aromatic carbocycles. The first-order valence-corrected chi connectivity index (χ1v) is 4.87.